The van der Waals surface area contributed by atoms with Crippen LogP contribution in [0.25, 0.3) is 0 Å². The van der Waals surface area contributed by atoms with Crippen molar-refractivity contribution in [1.29, 1.82) is 0 Å². The van der Waals surface area contributed by atoms with Gasteiger partial charge in [0.1, 0.15) is 0 Å². The molecule has 0 bridgehead atoms. The van der Waals surface area contributed by atoms with Crippen LogP contribution in [0.15, 0.2) is 10.7 Å². The Kier molecular flexibility index (Phi) is 6.55. The number of hydrogen-bond donors (Lipinski definition) is 0. The van der Waals surface area contributed by atoms with Crippen LogP contribution in [-0.4, -0.2) is 34.9 Å². The minimum atomic E-state index is -0.428. The Morgan fingerprint density at radius 3 is 2.63 bits per heavy atom. The number of nitrogens with zero attached hydrogens (tertiary/aromatic N) is 2. The zero-order valence-electron chi connectivity index (χ0n) is 11.0. The fourth-order valence-corrected chi connectivity index (χ4v) is 2.00. The summed E-state index contributed by atoms with van der Waals surface area (Å²) in [7, 11) is 0. The topological polar surface area (TPSA) is 70.4 Å². The lowest BCUT2D eigenvalue weighted by atomic mass is 10.3. The summed E-state index contributed by atoms with van der Waals surface area (Å²) in [5.41, 5.74) is 0.366. The average molecular weight is 333 g/mol. The summed E-state index contributed by atoms with van der Waals surface area (Å²) in [6, 6.07) is 0. The number of rotatable bonds is 7. The van der Waals surface area contributed by atoms with Crippen LogP contribution < -0.4 is 0 Å². The molecule has 0 atom stereocenters. The maximum absolute atomic E-state index is 11.7. The molecule has 6 nitrogen and oxygen atoms in total. The SMILES string of the molecule is CCOC(=O)CCCn1ncc(Br)c1C(=O)OCC. The van der Waals surface area contributed by atoms with E-state index in [1.807, 2.05) is 0 Å². The highest BCUT2D eigenvalue weighted by molar-refractivity contribution is 9.10. The normalized spacial score (nSPS) is 10.3. The molecule has 106 valence electrons. The summed E-state index contributed by atoms with van der Waals surface area (Å²) >= 11 is 3.26. The lowest BCUT2D eigenvalue weighted by molar-refractivity contribution is -0.143. The fraction of sp³-hybridized carbons (Fsp3) is 0.583. The second-order valence-corrected chi connectivity index (χ2v) is 4.55. The molecule has 0 radical (unpaired) electrons. The van der Waals surface area contributed by atoms with Crippen molar-refractivity contribution in [1.82, 2.24) is 9.78 Å². The van der Waals surface area contributed by atoms with Crippen LogP contribution in [0.4, 0.5) is 0 Å². The first kappa shape index (κ1) is 15.7. The highest BCUT2D eigenvalue weighted by Gasteiger charge is 2.18. The van der Waals surface area contributed by atoms with Crippen molar-refractivity contribution in [3.05, 3.63) is 16.4 Å². The predicted octanol–water partition coefficient (Wildman–Crippen LogP) is 2.17. The molecule has 1 heterocycles. The van der Waals surface area contributed by atoms with E-state index in [1.54, 1.807) is 13.8 Å². The third-order valence-corrected chi connectivity index (χ3v) is 2.90. The van der Waals surface area contributed by atoms with E-state index < -0.39 is 5.97 Å². The van der Waals surface area contributed by atoms with Crippen LogP contribution in [0.1, 0.15) is 37.2 Å². The molecule has 0 amide bonds. The van der Waals surface area contributed by atoms with Gasteiger partial charge in [0.05, 0.1) is 23.9 Å². The van der Waals surface area contributed by atoms with Crippen molar-refractivity contribution in [2.75, 3.05) is 13.2 Å². The Bertz CT molecular complexity index is 445. The van der Waals surface area contributed by atoms with E-state index in [0.29, 0.717) is 42.8 Å². The van der Waals surface area contributed by atoms with Gasteiger partial charge in [-0.2, -0.15) is 5.10 Å². The molecule has 0 fully saturated rings. The standard InChI is InChI=1S/C12H17BrN2O4/c1-3-18-10(16)6-5-7-15-11(9(13)8-14-15)12(17)19-4-2/h8H,3-7H2,1-2H3. The number of ether oxygens (including phenoxy) is 2. The Balaban J connectivity index is 2.59. The van der Waals surface area contributed by atoms with Gasteiger partial charge in [-0.15, -0.1) is 0 Å². The molecular formula is C12H17BrN2O4. The molecule has 0 saturated carbocycles. The van der Waals surface area contributed by atoms with E-state index in [1.165, 1.54) is 10.9 Å². The molecule has 1 aromatic rings. The average Bonchev–Trinajstić information content (AvgIpc) is 2.71. The summed E-state index contributed by atoms with van der Waals surface area (Å²) < 4.78 is 11.9. The maximum Gasteiger partial charge on any atom is 0.357 e. The van der Waals surface area contributed by atoms with Crippen LogP contribution in [-0.2, 0) is 20.8 Å². The number of carbonyl (C=O) groups excluding carboxylic acids is 2. The van der Waals surface area contributed by atoms with Crippen molar-refractivity contribution >= 4 is 27.9 Å². The first-order chi connectivity index (χ1) is 9.10. The van der Waals surface area contributed by atoms with Gasteiger partial charge in [0.2, 0.25) is 0 Å². The summed E-state index contributed by atoms with van der Waals surface area (Å²) in [6.45, 7) is 4.65. The monoisotopic (exact) mass is 332 g/mol. The first-order valence-electron chi connectivity index (χ1n) is 6.14. The van der Waals surface area contributed by atoms with Gasteiger partial charge in [-0.3, -0.25) is 9.48 Å². The molecule has 0 saturated heterocycles. The molecule has 0 aromatic carbocycles. The number of halogens is 1. The molecule has 0 aliphatic carbocycles. The van der Waals surface area contributed by atoms with Crippen LogP contribution >= 0.6 is 15.9 Å². The van der Waals surface area contributed by atoms with Gasteiger partial charge in [0.15, 0.2) is 5.69 Å². The molecule has 0 aliphatic heterocycles. The smallest absolute Gasteiger partial charge is 0.357 e. The lowest BCUT2D eigenvalue weighted by Gasteiger charge is -2.07. The van der Waals surface area contributed by atoms with E-state index in [9.17, 15) is 9.59 Å². The van der Waals surface area contributed by atoms with Gasteiger partial charge >= 0.3 is 11.9 Å². The van der Waals surface area contributed by atoms with Gasteiger partial charge in [-0.1, -0.05) is 0 Å². The minimum Gasteiger partial charge on any atom is -0.466 e. The van der Waals surface area contributed by atoms with E-state index >= 15 is 0 Å². The number of aryl methyl sites for hydroxylation is 1. The zero-order chi connectivity index (χ0) is 14.3. The molecule has 19 heavy (non-hydrogen) atoms. The number of hydrogen-bond acceptors (Lipinski definition) is 5. The molecule has 0 unspecified atom stereocenters. The van der Waals surface area contributed by atoms with Gasteiger partial charge in [0.25, 0.3) is 0 Å². The van der Waals surface area contributed by atoms with E-state index in [-0.39, 0.29) is 5.97 Å². The highest BCUT2D eigenvalue weighted by Crippen LogP contribution is 2.17. The van der Waals surface area contributed by atoms with Gasteiger partial charge < -0.3 is 9.47 Å². The van der Waals surface area contributed by atoms with Gasteiger partial charge in [-0.05, 0) is 36.2 Å². The van der Waals surface area contributed by atoms with Gasteiger partial charge in [0, 0.05) is 13.0 Å². The first-order valence-corrected chi connectivity index (χ1v) is 6.93. The maximum atomic E-state index is 11.7. The molecule has 0 aliphatic rings. The second-order valence-electron chi connectivity index (χ2n) is 3.69. The predicted molar refractivity (Wildman–Crippen MR) is 71.8 cm³/mol. The second kappa shape index (κ2) is 7.93. The zero-order valence-corrected chi connectivity index (χ0v) is 12.6. The van der Waals surface area contributed by atoms with E-state index in [2.05, 4.69) is 21.0 Å². The van der Waals surface area contributed by atoms with Crippen LogP contribution in [0.3, 0.4) is 0 Å². The van der Waals surface area contributed by atoms with Crippen molar-refractivity contribution in [3.8, 4) is 0 Å². The summed E-state index contributed by atoms with van der Waals surface area (Å²) in [5, 5.41) is 4.08. The fourth-order valence-electron chi connectivity index (χ4n) is 1.54. The Labute approximate surface area is 120 Å². The summed E-state index contributed by atoms with van der Waals surface area (Å²) in [4.78, 5) is 22.9. The van der Waals surface area contributed by atoms with Crippen molar-refractivity contribution in [3.63, 3.8) is 0 Å². The van der Waals surface area contributed by atoms with Crippen molar-refractivity contribution in [2.24, 2.45) is 0 Å². The summed E-state index contributed by atoms with van der Waals surface area (Å²) in [5.74, 6) is -0.672. The molecule has 7 heteroatoms. The van der Waals surface area contributed by atoms with Crippen molar-refractivity contribution in [2.45, 2.75) is 33.2 Å². The van der Waals surface area contributed by atoms with E-state index in [4.69, 9.17) is 9.47 Å². The summed E-state index contributed by atoms with van der Waals surface area (Å²) in [6.07, 6.45) is 2.39. The number of aromatic nitrogens is 2. The largest absolute Gasteiger partial charge is 0.466 e. The van der Waals surface area contributed by atoms with Crippen LogP contribution in [0.2, 0.25) is 0 Å². The molecular weight excluding hydrogens is 316 g/mol. The number of esters is 2. The van der Waals surface area contributed by atoms with Crippen molar-refractivity contribution < 1.29 is 19.1 Å². The Morgan fingerprint density at radius 1 is 1.32 bits per heavy atom. The van der Waals surface area contributed by atoms with Gasteiger partial charge in [-0.25, -0.2) is 4.79 Å². The molecule has 0 N–H and O–H groups in total. The third kappa shape index (κ3) is 4.66. The quantitative estimate of drug-likeness (QED) is 0.715. The molecule has 1 rings (SSSR count). The number of carbonyl (C=O) groups is 2. The van der Waals surface area contributed by atoms with E-state index in [0.717, 1.165) is 0 Å². The van der Waals surface area contributed by atoms with Crippen LogP contribution in [0.5, 0.6) is 0 Å². The molecule has 0 spiro atoms. The lowest BCUT2D eigenvalue weighted by Crippen LogP contribution is -2.15. The minimum absolute atomic E-state index is 0.244. The third-order valence-electron chi connectivity index (χ3n) is 2.32. The Morgan fingerprint density at radius 2 is 2.00 bits per heavy atom. The highest BCUT2D eigenvalue weighted by atomic mass is 79.9. The molecule has 1 aromatic heterocycles. The Hall–Kier alpha value is -1.37. The van der Waals surface area contributed by atoms with Crippen LogP contribution in [0, 0.1) is 0 Å².